The highest BCUT2D eigenvalue weighted by Crippen LogP contribution is 2.23. The van der Waals surface area contributed by atoms with Crippen LogP contribution in [0.3, 0.4) is 0 Å². The minimum Gasteiger partial charge on any atom is -0.463 e. The van der Waals surface area contributed by atoms with Gasteiger partial charge in [-0.05, 0) is 48.4 Å². The zero-order valence-electron chi connectivity index (χ0n) is 16.8. The van der Waals surface area contributed by atoms with Gasteiger partial charge in [-0.15, -0.1) is 10.2 Å². The summed E-state index contributed by atoms with van der Waals surface area (Å²) in [5.74, 6) is 0.0831. The molecular formula is C22H20F2N6O. The molecule has 0 spiro atoms. The number of anilines is 1. The number of ether oxygens (including phenoxy) is 1. The summed E-state index contributed by atoms with van der Waals surface area (Å²) in [6.45, 7) is 2.93. The molecule has 31 heavy (non-hydrogen) atoms. The largest absolute Gasteiger partial charge is 0.463 e. The van der Waals surface area contributed by atoms with Crippen molar-refractivity contribution in [3.05, 3.63) is 65.7 Å². The molecule has 0 saturated carbocycles. The van der Waals surface area contributed by atoms with E-state index in [4.69, 9.17) is 4.74 Å². The van der Waals surface area contributed by atoms with Gasteiger partial charge in [0.15, 0.2) is 17.2 Å². The number of hydrogen-bond donors (Lipinski definition) is 1. The molecule has 2 aromatic heterocycles. The lowest BCUT2D eigenvalue weighted by molar-refractivity contribution is 0.286. The van der Waals surface area contributed by atoms with Crippen LogP contribution >= 0.6 is 0 Å². The third kappa shape index (κ3) is 5.06. The number of nitrogens with one attached hydrogen (secondary N) is 1. The molecule has 0 radical (unpaired) electrons. The van der Waals surface area contributed by atoms with Gasteiger partial charge in [0.2, 0.25) is 5.65 Å². The van der Waals surface area contributed by atoms with Crippen LogP contribution in [0.5, 0.6) is 6.01 Å². The second-order valence-corrected chi connectivity index (χ2v) is 6.85. The maximum atomic E-state index is 13.3. The number of benzene rings is 2. The number of unbranched alkanes of at least 4 members (excludes halogenated alkanes) is 1. The van der Waals surface area contributed by atoms with E-state index in [9.17, 15) is 8.78 Å². The number of hydrogen-bond acceptors (Lipinski definition) is 7. The van der Waals surface area contributed by atoms with Gasteiger partial charge in [-0.1, -0.05) is 25.5 Å². The molecule has 2 heterocycles. The van der Waals surface area contributed by atoms with Crippen LogP contribution in [0.2, 0.25) is 0 Å². The van der Waals surface area contributed by atoms with E-state index in [1.807, 2.05) is 0 Å². The summed E-state index contributed by atoms with van der Waals surface area (Å²) in [5.41, 5.74) is 2.15. The third-order valence-electron chi connectivity index (χ3n) is 4.51. The minimum absolute atomic E-state index is 0.174. The summed E-state index contributed by atoms with van der Waals surface area (Å²) in [4.78, 5) is 13.3. The lowest BCUT2D eigenvalue weighted by Crippen LogP contribution is -2.09. The molecule has 0 saturated heterocycles. The molecule has 0 aliphatic heterocycles. The summed E-state index contributed by atoms with van der Waals surface area (Å²) in [5, 5.41) is 11.5. The van der Waals surface area contributed by atoms with Gasteiger partial charge in [-0.25, -0.2) is 13.8 Å². The van der Waals surface area contributed by atoms with Crippen LogP contribution in [0.4, 0.5) is 14.6 Å². The fourth-order valence-corrected chi connectivity index (χ4v) is 2.82. The van der Waals surface area contributed by atoms with Crippen molar-refractivity contribution in [1.29, 1.82) is 0 Å². The third-order valence-corrected chi connectivity index (χ3v) is 4.51. The van der Waals surface area contributed by atoms with Crippen molar-refractivity contribution in [2.45, 2.75) is 26.3 Å². The van der Waals surface area contributed by atoms with Crippen molar-refractivity contribution in [3.63, 3.8) is 0 Å². The highest BCUT2D eigenvalue weighted by molar-refractivity contribution is 5.83. The molecule has 9 heteroatoms. The van der Waals surface area contributed by atoms with Crippen molar-refractivity contribution >= 4 is 17.0 Å². The second-order valence-electron chi connectivity index (χ2n) is 6.85. The topological polar surface area (TPSA) is 85.7 Å². The van der Waals surface area contributed by atoms with Crippen LogP contribution in [0.1, 0.15) is 25.3 Å². The van der Waals surface area contributed by atoms with E-state index in [2.05, 4.69) is 37.4 Å². The van der Waals surface area contributed by atoms with Gasteiger partial charge in [-0.3, -0.25) is 0 Å². The summed E-state index contributed by atoms with van der Waals surface area (Å²) in [6, 6.07) is 12.1. The first-order valence-electron chi connectivity index (χ1n) is 9.92. The van der Waals surface area contributed by atoms with Crippen molar-refractivity contribution in [1.82, 2.24) is 25.1 Å². The first-order chi connectivity index (χ1) is 15.1. The van der Waals surface area contributed by atoms with Gasteiger partial charge in [0, 0.05) is 12.1 Å². The average Bonchev–Trinajstić information content (AvgIpc) is 2.79. The Bertz CT molecular complexity index is 1170. The van der Waals surface area contributed by atoms with Crippen LogP contribution < -0.4 is 10.1 Å². The molecule has 0 fully saturated rings. The van der Waals surface area contributed by atoms with Gasteiger partial charge >= 0.3 is 6.01 Å². The van der Waals surface area contributed by atoms with Crippen LogP contribution in [-0.4, -0.2) is 31.8 Å². The Morgan fingerprint density at radius 3 is 2.29 bits per heavy atom. The van der Waals surface area contributed by atoms with Gasteiger partial charge < -0.3 is 10.1 Å². The van der Waals surface area contributed by atoms with Gasteiger partial charge in [0.25, 0.3) is 0 Å². The molecule has 0 aliphatic rings. The van der Waals surface area contributed by atoms with E-state index in [1.165, 1.54) is 24.3 Å². The van der Waals surface area contributed by atoms with Crippen molar-refractivity contribution < 1.29 is 13.5 Å². The average molecular weight is 422 g/mol. The quantitative estimate of drug-likeness (QED) is 0.417. The van der Waals surface area contributed by atoms with Crippen LogP contribution in [0, 0.1) is 11.6 Å². The minimum atomic E-state index is -0.351. The van der Waals surface area contributed by atoms with Crippen molar-refractivity contribution in [2.24, 2.45) is 0 Å². The highest BCUT2D eigenvalue weighted by atomic mass is 19.1. The molecule has 0 bridgehead atoms. The van der Waals surface area contributed by atoms with E-state index in [0.29, 0.717) is 35.9 Å². The zero-order valence-corrected chi connectivity index (χ0v) is 16.8. The van der Waals surface area contributed by atoms with E-state index in [1.54, 1.807) is 24.3 Å². The maximum Gasteiger partial charge on any atom is 0.320 e. The van der Waals surface area contributed by atoms with Crippen LogP contribution in [0.25, 0.3) is 22.6 Å². The maximum absolute atomic E-state index is 13.3. The van der Waals surface area contributed by atoms with Crippen LogP contribution in [0.15, 0.2) is 48.5 Å². The Hall–Kier alpha value is -3.75. The number of rotatable bonds is 8. The Morgan fingerprint density at radius 1 is 0.871 bits per heavy atom. The van der Waals surface area contributed by atoms with Gasteiger partial charge in [-0.2, -0.15) is 9.97 Å². The normalized spacial score (nSPS) is 10.9. The van der Waals surface area contributed by atoms with E-state index in [0.717, 1.165) is 18.4 Å². The molecule has 2 aromatic carbocycles. The van der Waals surface area contributed by atoms with Crippen molar-refractivity contribution in [2.75, 3.05) is 11.9 Å². The van der Waals surface area contributed by atoms with E-state index in [-0.39, 0.29) is 23.3 Å². The lowest BCUT2D eigenvalue weighted by atomic mass is 10.2. The summed E-state index contributed by atoms with van der Waals surface area (Å²) in [6.07, 6.45) is 1.85. The van der Waals surface area contributed by atoms with E-state index < -0.39 is 0 Å². The lowest BCUT2D eigenvalue weighted by Gasteiger charge is -2.11. The first kappa shape index (κ1) is 20.5. The van der Waals surface area contributed by atoms with Gasteiger partial charge in [0.1, 0.15) is 11.6 Å². The SMILES string of the molecule is CCCCOc1nc(NCc2ccc(F)cc2)c2nc(-c3ccc(F)cc3)nnc2n1. The molecule has 1 N–H and O–H groups in total. The molecule has 0 unspecified atom stereocenters. The first-order valence-corrected chi connectivity index (χ1v) is 9.92. The monoisotopic (exact) mass is 422 g/mol. The zero-order chi connectivity index (χ0) is 21.6. The number of fused-ring (bicyclic) bond motifs is 1. The fraction of sp³-hybridized carbons (Fsp3) is 0.227. The molecule has 0 amide bonds. The predicted octanol–water partition coefficient (Wildman–Crippen LogP) is 4.55. The molecular weight excluding hydrogens is 402 g/mol. The Labute approximate surface area is 177 Å². The molecule has 7 nitrogen and oxygen atoms in total. The standard InChI is InChI=1S/C22H20F2N6O/c1-2-3-12-31-22-27-20(25-13-14-4-8-16(23)9-5-14)18-21(28-22)30-29-19(26-18)15-6-10-17(24)11-7-15/h4-11H,2-3,12-13H2,1H3,(H,25,27,28,30). The summed E-state index contributed by atoms with van der Waals surface area (Å²) >= 11 is 0. The Morgan fingerprint density at radius 2 is 1.58 bits per heavy atom. The molecule has 158 valence electrons. The fourth-order valence-electron chi connectivity index (χ4n) is 2.82. The highest BCUT2D eigenvalue weighted by Gasteiger charge is 2.14. The molecule has 4 rings (SSSR count). The predicted molar refractivity (Wildman–Crippen MR) is 112 cm³/mol. The van der Waals surface area contributed by atoms with E-state index >= 15 is 0 Å². The number of halogens is 2. The number of aromatic nitrogens is 5. The van der Waals surface area contributed by atoms with Crippen LogP contribution in [-0.2, 0) is 6.54 Å². The second kappa shape index (κ2) is 9.38. The van der Waals surface area contributed by atoms with Crippen molar-refractivity contribution in [3.8, 4) is 17.4 Å². The Kier molecular flexibility index (Phi) is 6.21. The molecule has 0 atom stereocenters. The molecule has 0 aliphatic carbocycles. The molecule has 4 aromatic rings. The Balaban J connectivity index is 1.69. The van der Waals surface area contributed by atoms with Gasteiger partial charge in [0.05, 0.1) is 6.61 Å². The number of nitrogens with zero attached hydrogens (tertiary/aromatic N) is 5. The summed E-state index contributed by atoms with van der Waals surface area (Å²) < 4.78 is 32.1. The summed E-state index contributed by atoms with van der Waals surface area (Å²) in [7, 11) is 0. The smallest absolute Gasteiger partial charge is 0.320 e.